The van der Waals surface area contributed by atoms with Crippen molar-refractivity contribution in [3.05, 3.63) is 89.3 Å². The molecule has 0 radical (unpaired) electrons. The summed E-state index contributed by atoms with van der Waals surface area (Å²) in [5.74, 6) is 0.876. The molecule has 0 aliphatic carbocycles. The predicted molar refractivity (Wildman–Crippen MR) is 98.8 cm³/mol. The molecule has 0 aliphatic heterocycles. The van der Waals surface area contributed by atoms with Gasteiger partial charge in [-0.15, -0.1) is 0 Å². The number of nitrogens with zero attached hydrogens (tertiary/aromatic N) is 1. The maximum atomic E-state index is 12.1. The first-order valence-electron chi connectivity index (χ1n) is 8.14. The van der Waals surface area contributed by atoms with Crippen molar-refractivity contribution in [3.63, 3.8) is 0 Å². The molecule has 0 atom stereocenters. The average molecular weight is 359 g/mol. The van der Waals surface area contributed by atoms with E-state index in [0.29, 0.717) is 28.0 Å². The Balaban J connectivity index is 1.52. The summed E-state index contributed by atoms with van der Waals surface area (Å²) in [7, 11) is 0. The number of benzene rings is 3. The normalized spacial score (nSPS) is 10.5. The van der Waals surface area contributed by atoms with Crippen LogP contribution >= 0.6 is 0 Å². The van der Waals surface area contributed by atoms with Gasteiger partial charge in [0, 0.05) is 5.56 Å². The van der Waals surface area contributed by atoms with Crippen molar-refractivity contribution in [2.45, 2.75) is 0 Å². The Bertz CT molecular complexity index is 1150. The van der Waals surface area contributed by atoms with Gasteiger partial charge in [-0.2, -0.15) is 0 Å². The molecule has 1 heterocycles. The number of carbonyl (C=O) groups excluding carboxylic acids is 1. The number of fused-ring (bicyclic) bond motifs is 1. The summed E-state index contributed by atoms with van der Waals surface area (Å²) in [6.07, 6.45) is -0.843. The van der Waals surface area contributed by atoms with E-state index in [-0.39, 0.29) is 5.89 Å². The molecule has 4 rings (SSSR count). The first-order chi connectivity index (χ1) is 13.2. The van der Waals surface area contributed by atoms with Crippen molar-refractivity contribution in [2.75, 3.05) is 0 Å². The van der Waals surface area contributed by atoms with Gasteiger partial charge in [-0.1, -0.05) is 30.3 Å². The number of carbonyl (C=O) groups is 1. The molecule has 6 nitrogen and oxygen atoms in total. The summed E-state index contributed by atoms with van der Waals surface area (Å²) >= 11 is 0. The van der Waals surface area contributed by atoms with Crippen LogP contribution in [0, 0.1) is 0 Å². The smallest absolute Gasteiger partial charge is 0.403 e. The van der Waals surface area contributed by atoms with E-state index >= 15 is 0 Å². The Morgan fingerprint density at radius 1 is 0.778 bits per heavy atom. The van der Waals surface area contributed by atoms with Crippen LogP contribution in [0.5, 0.6) is 11.5 Å². The van der Waals surface area contributed by atoms with Crippen molar-refractivity contribution in [1.29, 1.82) is 0 Å². The molecule has 4 aromatic rings. The zero-order valence-electron chi connectivity index (χ0n) is 14.0. The van der Waals surface area contributed by atoms with Crippen LogP contribution in [-0.4, -0.2) is 11.1 Å². The van der Waals surface area contributed by atoms with E-state index in [2.05, 4.69) is 4.98 Å². The van der Waals surface area contributed by atoms with Crippen LogP contribution < -0.4 is 15.1 Å². The lowest BCUT2D eigenvalue weighted by atomic mass is 10.2. The molecule has 0 saturated heterocycles. The van der Waals surface area contributed by atoms with Gasteiger partial charge in [0.25, 0.3) is 0 Å². The van der Waals surface area contributed by atoms with Crippen LogP contribution in [0.25, 0.3) is 22.4 Å². The number of para-hydroxylation sites is 2. The Kier molecular flexibility index (Phi) is 4.37. The third-order valence-electron chi connectivity index (χ3n) is 3.78. The summed E-state index contributed by atoms with van der Waals surface area (Å²) in [6.45, 7) is 0. The van der Waals surface area contributed by atoms with Gasteiger partial charge in [-0.05, 0) is 48.5 Å². The summed E-state index contributed by atoms with van der Waals surface area (Å²) in [5, 5.41) is 0.421. The number of rotatable bonds is 3. The summed E-state index contributed by atoms with van der Waals surface area (Å²) < 4.78 is 15.5. The van der Waals surface area contributed by atoms with Crippen molar-refractivity contribution < 1.29 is 18.7 Å². The minimum Gasteiger partial charge on any atom is -0.403 e. The fraction of sp³-hybridized carbons (Fsp3) is 0. The van der Waals surface area contributed by atoms with Gasteiger partial charge in [-0.25, -0.2) is 14.6 Å². The van der Waals surface area contributed by atoms with Crippen molar-refractivity contribution in [1.82, 2.24) is 4.98 Å². The Morgan fingerprint density at radius 3 is 2.15 bits per heavy atom. The van der Waals surface area contributed by atoms with Gasteiger partial charge in [0.15, 0.2) is 0 Å². The second kappa shape index (κ2) is 7.13. The fourth-order valence-corrected chi connectivity index (χ4v) is 2.51. The van der Waals surface area contributed by atoms with E-state index in [1.165, 1.54) is 0 Å². The standard InChI is InChI=1S/C21H13NO5/c23-20-17-8-4-5-9-18(17)22-19(27-20)14-10-12-16(13-11-14)26-21(24)25-15-6-2-1-3-7-15/h1-13H. The highest BCUT2D eigenvalue weighted by Gasteiger charge is 2.10. The van der Waals surface area contributed by atoms with E-state index in [4.69, 9.17) is 13.9 Å². The zero-order valence-corrected chi connectivity index (χ0v) is 14.0. The molecule has 3 aromatic carbocycles. The van der Waals surface area contributed by atoms with Gasteiger partial charge >= 0.3 is 11.8 Å². The quantitative estimate of drug-likeness (QED) is 0.398. The third-order valence-corrected chi connectivity index (χ3v) is 3.78. The second-order valence-electron chi connectivity index (χ2n) is 5.62. The molecule has 0 saturated carbocycles. The topological polar surface area (TPSA) is 78.6 Å². The van der Waals surface area contributed by atoms with Crippen LogP contribution in [-0.2, 0) is 0 Å². The lowest BCUT2D eigenvalue weighted by Crippen LogP contribution is -2.13. The van der Waals surface area contributed by atoms with E-state index in [1.54, 1.807) is 72.8 Å². The lowest BCUT2D eigenvalue weighted by Gasteiger charge is -2.06. The Hall–Kier alpha value is -3.93. The molecule has 0 N–H and O–H groups in total. The molecular weight excluding hydrogens is 346 g/mol. The van der Waals surface area contributed by atoms with Crippen LogP contribution in [0.2, 0.25) is 0 Å². The number of ether oxygens (including phenoxy) is 2. The highest BCUT2D eigenvalue weighted by molar-refractivity contribution is 5.78. The van der Waals surface area contributed by atoms with Gasteiger partial charge in [0.2, 0.25) is 5.89 Å². The maximum Gasteiger partial charge on any atom is 0.519 e. The minimum atomic E-state index is -0.843. The first-order valence-corrected chi connectivity index (χ1v) is 8.14. The van der Waals surface area contributed by atoms with Gasteiger partial charge in [-0.3, -0.25) is 0 Å². The molecule has 6 heteroatoms. The highest BCUT2D eigenvalue weighted by atomic mass is 16.7. The Labute approximate surface area is 153 Å². The van der Waals surface area contributed by atoms with Crippen molar-refractivity contribution >= 4 is 17.1 Å². The molecular formula is C21H13NO5. The molecule has 0 amide bonds. The van der Waals surface area contributed by atoms with Gasteiger partial charge in [0.05, 0.1) is 10.9 Å². The monoisotopic (exact) mass is 359 g/mol. The first kappa shape index (κ1) is 16.5. The molecule has 27 heavy (non-hydrogen) atoms. The summed E-state index contributed by atoms with van der Waals surface area (Å²) in [4.78, 5) is 28.2. The molecule has 1 aromatic heterocycles. The van der Waals surface area contributed by atoms with E-state index in [1.807, 2.05) is 6.07 Å². The second-order valence-corrected chi connectivity index (χ2v) is 5.62. The molecule has 132 valence electrons. The summed E-state index contributed by atoms with van der Waals surface area (Å²) in [5.41, 5.74) is 0.680. The Morgan fingerprint density at radius 2 is 1.41 bits per heavy atom. The number of hydrogen-bond acceptors (Lipinski definition) is 6. The van der Waals surface area contributed by atoms with Crippen LogP contribution in [0.1, 0.15) is 0 Å². The highest BCUT2D eigenvalue weighted by Crippen LogP contribution is 2.22. The van der Waals surface area contributed by atoms with E-state index in [9.17, 15) is 9.59 Å². The maximum absolute atomic E-state index is 12.1. The number of aromatic nitrogens is 1. The molecule has 0 aliphatic rings. The minimum absolute atomic E-state index is 0.192. The largest absolute Gasteiger partial charge is 0.519 e. The molecule has 0 spiro atoms. The fourth-order valence-electron chi connectivity index (χ4n) is 2.51. The zero-order chi connectivity index (χ0) is 18.6. The van der Waals surface area contributed by atoms with Gasteiger partial charge < -0.3 is 13.9 Å². The lowest BCUT2D eigenvalue weighted by molar-refractivity contribution is 0.152. The number of hydrogen-bond donors (Lipinski definition) is 0. The van der Waals surface area contributed by atoms with Gasteiger partial charge in [0.1, 0.15) is 11.5 Å². The average Bonchev–Trinajstić information content (AvgIpc) is 2.69. The van der Waals surface area contributed by atoms with E-state index < -0.39 is 11.8 Å². The third kappa shape index (κ3) is 3.69. The van der Waals surface area contributed by atoms with Crippen LogP contribution in [0.3, 0.4) is 0 Å². The molecule has 0 fully saturated rings. The van der Waals surface area contributed by atoms with Crippen molar-refractivity contribution in [2.24, 2.45) is 0 Å². The SMILES string of the molecule is O=C(Oc1ccccc1)Oc1ccc(-c2nc3ccccc3c(=O)o2)cc1. The predicted octanol–water partition coefficient (Wildman–Crippen LogP) is 4.43. The van der Waals surface area contributed by atoms with Crippen molar-refractivity contribution in [3.8, 4) is 23.0 Å². The summed E-state index contributed by atoms with van der Waals surface area (Å²) in [6, 6.07) is 22.0. The van der Waals surface area contributed by atoms with Crippen LogP contribution in [0.15, 0.2) is 88.1 Å². The molecule has 0 unspecified atom stereocenters. The van der Waals surface area contributed by atoms with E-state index in [0.717, 1.165) is 0 Å². The molecule has 0 bridgehead atoms. The van der Waals surface area contributed by atoms with Crippen LogP contribution in [0.4, 0.5) is 4.79 Å².